The van der Waals surface area contributed by atoms with E-state index in [4.69, 9.17) is 9.47 Å². The number of allylic oxidation sites excluding steroid dienone is 1. The summed E-state index contributed by atoms with van der Waals surface area (Å²) >= 11 is 1.29. The number of nitrogens with one attached hydrogen (secondary N) is 1. The van der Waals surface area contributed by atoms with Crippen LogP contribution in [-0.4, -0.2) is 24.7 Å². The van der Waals surface area contributed by atoms with Crippen molar-refractivity contribution in [2.45, 2.75) is 13.0 Å². The topological polar surface area (TPSA) is 81.9 Å². The Morgan fingerprint density at radius 3 is 2.32 bits per heavy atom. The van der Waals surface area contributed by atoms with Gasteiger partial charge in [0.1, 0.15) is 0 Å². The number of benzene rings is 3. The summed E-state index contributed by atoms with van der Waals surface area (Å²) in [5.41, 5.74) is 3.07. The lowest BCUT2D eigenvalue weighted by Gasteiger charge is -2.25. The summed E-state index contributed by atoms with van der Waals surface area (Å²) in [5, 5.41) is 2.96. The van der Waals surface area contributed by atoms with Gasteiger partial charge in [0.2, 0.25) is 0 Å². The summed E-state index contributed by atoms with van der Waals surface area (Å²) in [6.07, 6.45) is 1.80. The molecule has 0 fully saturated rings. The van der Waals surface area contributed by atoms with Crippen molar-refractivity contribution in [1.29, 1.82) is 0 Å². The molecule has 8 heteroatoms. The summed E-state index contributed by atoms with van der Waals surface area (Å²) in [5.74, 6) is 0.882. The molecule has 186 valence electrons. The molecule has 0 bridgehead atoms. The molecule has 1 N–H and O–H groups in total. The SMILES string of the molecule is COc1ccc(/C=c2/sc3n(c2=O)C(c2ccccc2)C(C(=O)Nc2ccccc2)=C(C)N=3)cc1OC. The molecule has 5 rings (SSSR count). The third kappa shape index (κ3) is 4.71. The van der Waals surface area contributed by atoms with Crippen molar-refractivity contribution in [2.24, 2.45) is 4.99 Å². The van der Waals surface area contributed by atoms with E-state index in [0.717, 1.165) is 11.1 Å². The predicted molar refractivity (Wildman–Crippen MR) is 145 cm³/mol. The van der Waals surface area contributed by atoms with Crippen LogP contribution in [0.5, 0.6) is 11.5 Å². The number of para-hydroxylation sites is 1. The number of rotatable bonds is 6. The van der Waals surface area contributed by atoms with Gasteiger partial charge in [-0.05, 0) is 48.4 Å². The fraction of sp³-hybridized carbons (Fsp3) is 0.138. The second-order valence-corrected chi connectivity index (χ2v) is 9.44. The summed E-state index contributed by atoms with van der Waals surface area (Å²) < 4.78 is 12.8. The van der Waals surface area contributed by atoms with Gasteiger partial charge in [-0.3, -0.25) is 14.2 Å². The van der Waals surface area contributed by atoms with Crippen LogP contribution in [0.15, 0.2) is 99.9 Å². The highest BCUT2D eigenvalue weighted by Crippen LogP contribution is 2.31. The van der Waals surface area contributed by atoms with Crippen LogP contribution in [0.4, 0.5) is 5.69 Å². The minimum absolute atomic E-state index is 0.218. The van der Waals surface area contributed by atoms with E-state index in [1.54, 1.807) is 37.9 Å². The Balaban J connectivity index is 1.65. The Morgan fingerprint density at radius 2 is 1.65 bits per heavy atom. The molecule has 37 heavy (non-hydrogen) atoms. The van der Waals surface area contributed by atoms with E-state index in [0.29, 0.717) is 37.8 Å². The smallest absolute Gasteiger partial charge is 0.271 e. The van der Waals surface area contributed by atoms with E-state index in [2.05, 4.69) is 10.3 Å². The Kier molecular flexibility index (Phi) is 6.74. The van der Waals surface area contributed by atoms with Gasteiger partial charge in [-0.15, -0.1) is 0 Å². The zero-order valence-electron chi connectivity index (χ0n) is 20.6. The van der Waals surface area contributed by atoms with Gasteiger partial charge in [-0.1, -0.05) is 65.9 Å². The van der Waals surface area contributed by atoms with Gasteiger partial charge in [0.15, 0.2) is 16.3 Å². The summed E-state index contributed by atoms with van der Waals surface area (Å²) in [4.78, 5) is 32.5. The van der Waals surface area contributed by atoms with Crippen LogP contribution < -0.4 is 29.7 Å². The largest absolute Gasteiger partial charge is 0.493 e. The molecule has 0 spiro atoms. The molecule has 0 saturated carbocycles. The second-order valence-electron chi connectivity index (χ2n) is 8.43. The van der Waals surface area contributed by atoms with E-state index in [9.17, 15) is 9.59 Å². The van der Waals surface area contributed by atoms with E-state index >= 15 is 0 Å². The van der Waals surface area contributed by atoms with Crippen LogP contribution in [-0.2, 0) is 4.79 Å². The van der Waals surface area contributed by atoms with Crippen LogP contribution in [0.1, 0.15) is 24.1 Å². The number of carbonyl (C=O) groups is 1. The van der Waals surface area contributed by atoms with E-state index in [-0.39, 0.29) is 11.5 Å². The predicted octanol–water partition coefficient (Wildman–Crippen LogP) is 3.89. The van der Waals surface area contributed by atoms with Crippen LogP contribution in [0.2, 0.25) is 0 Å². The van der Waals surface area contributed by atoms with Crippen LogP contribution in [0.3, 0.4) is 0 Å². The number of methoxy groups -OCH3 is 2. The van der Waals surface area contributed by atoms with Crippen molar-refractivity contribution in [2.75, 3.05) is 19.5 Å². The van der Waals surface area contributed by atoms with E-state index in [1.807, 2.05) is 72.8 Å². The summed E-state index contributed by atoms with van der Waals surface area (Å²) in [7, 11) is 3.15. The van der Waals surface area contributed by atoms with Gasteiger partial charge in [0.25, 0.3) is 11.5 Å². The molecule has 1 aromatic heterocycles. The zero-order valence-corrected chi connectivity index (χ0v) is 21.4. The van der Waals surface area contributed by atoms with E-state index in [1.165, 1.54) is 11.3 Å². The number of aromatic nitrogens is 1. The Bertz CT molecular complexity index is 1670. The number of hydrogen-bond donors (Lipinski definition) is 1. The Morgan fingerprint density at radius 1 is 0.973 bits per heavy atom. The minimum Gasteiger partial charge on any atom is -0.493 e. The summed E-state index contributed by atoms with van der Waals surface area (Å²) in [6, 6.07) is 23.6. The molecule has 3 aromatic carbocycles. The molecule has 2 heterocycles. The highest BCUT2D eigenvalue weighted by Gasteiger charge is 2.32. The normalized spacial score (nSPS) is 15.1. The molecule has 7 nitrogen and oxygen atoms in total. The number of amides is 1. The average molecular weight is 512 g/mol. The highest BCUT2D eigenvalue weighted by molar-refractivity contribution is 7.07. The van der Waals surface area contributed by atoms with Gasteiger partial charge < -0.3 is 14.8 Å². The second kappa shape index (κ2) is 10.3. The quantitative estimate of drug-likeness (QED) is 0.426. The van der Waals surface area contributed by atoms with Crippen molar-refractivity contribution in [3.63, 3.8) is 0 Å². The lowest BCUT2D eigenvalue weighted by Crippen LogP contribution is -2.40. The third-order valence-electron chi connectivity index (χ3n) is 6.12. The molecular formula is C29H25N3O4S. The Labute approximate surface area is 217 Å². The van der Waals surface area contributed by atoms with Crippen molar-refractivity contribution >= 4 is 29.0 Å². The van der Waals surface area contributed by atoms with E-state index < -0.39 is 6.04 Å². The minimum atomic E-state index is -0.617. The molecule has 1 aliphatic heterocycles. The molecule has 0 saturated heterocycles. The molecule has 1 unspecified atom stereocenters. The number of thiazole rings is 1. The van der Waals surface area contributed by atoms with Crippen molar-refractivity contribution in [3.8, 4) is 11.5 Å². The monoisotopic (exact) mass is 511 g/mol. The maximum atomic E-state index is 13.8. The summed E-state index contributed by atoms with van der Waals surface area (Å²) in [6.45, 7) is 1.81. The lowest BCUT2D eigenvalue weighted by atomic mass is 9.95. The first-order valence-corrected chi connectivity index (χ1v) is 12.5. The standard InChI is InChI=1S/C29H25N3O4S/c1-18-25(27(33)31-21-12-8-5-9-13-21)26(20-10-6-4-7-11-20)32-28(34)24(37-29(32)30-18)17-19-14-15-22(35-2)23(16-19)36-3/h4-17,26H,1-3H3,(H,31,33)/b24-17+. The number of nitrogens with zero attached hydrogens (tertiary/aromatic N) is 2. The molecule has 4 aromatic rings. The van der Waals surface area contributed by atoms with Crippen LogP contribution in [0, 0.1) is 0 Å². The number of hydrogen-bond acceptors (Lipinski definition) is 6. The van der Waals surface area contributed by atoms with Crippen molar-refractivity contribution in [1.82, 2.24) is 4.57 Å². The van der Waals surface area contributed by atoms with Gasteiger partial charge in [-0.25, -0.2) is 4.99 Å². The number of carbonyl (C=O) groups excluding carboxylic acids is 1. The fourth-order valence-corrected chi connectivity index (χ4v) is 5.42. The van der Waals surface area contributed by atoms with Crippen LogP contribution >= 0.6 is 11.3 Å². The van der Waals surface area contributed by atoms with Gasteiger partial charge in [0, 0.05) is 5.69 Å². The molecular weight excluding hydrogens is 486 g/mol. The molecule has 1 aliphatic rings. The first-order valence-electron chi connectivity index (χ1n) is 11.7. The number of anilines is 1. The van der Waals surface area contributed by atoms with Gasteiger partial charge in [-0.2, -0.15) is 0 Å². The fourth-order valence-electron chi connectivity index (χ4n) is 4.38. The average Bonchev–Trinajstić information content (AvgIpc) is 3.22. The van der Waals surface area contributed by atoms with Crippen molar-refractivity contribution in [3.05, 3.63) is 121 Å². The molecule has 0 aliphatic carbocycles. The maximum absolute atomic E-state index is 13.8. The van der Waals surface area contributed by atoms with Gasteiger partial charge >= 0.3 is 0 Å². The maximum Gasteiger partial charge on any atom is 0.271 e. The number of fused-ring (bicyclic) bond motifs is 1. The van der Waals surface area contributed by atoms with Crippen LogP contribution in [0.25, 0.3) is 6.08 Å². The molecule has 0 radical (unpaired) electrons. The van der Waals surface area contributed by atoms with Gasteiger partial charge in [0.05, 0.1) is 36.1 Å². The third-order valence-corrected chi connectivity index (χ3v) is 7.10. The zero-order chi connectivity index (χ0) is 25.9. The first-order chi connectivity index (χ1) is 18.0. The Hall–Kier alpha value is -4.43. The lowest BCUT2D eigenvalue weighted by molar-refractivity contribution is -0.113. The highest BCUT2D eigenvalue weighted by atomic mass is 32.1. The first kappa shape index (κ1) is 24.3. The molecule has 1 atom stereocenters. The molecule has 1 amide bonds. The number of ether oxygens (including phenoxy) is 2. The van der Waals surface area contributed by atoms with Crippen molar-refractivity contribution < 1.29 is 14.3 Å².